The van der Waals surface area contributed by atoms with Crippen molar-refractivity contribution in [2.24, 2.45) is 5.92 Å². The summed E-state index contributed by atoms with van der Waals surface area (Å²) in [7, 11) is 1.66. The second-order valence-corrected chi connectivity index (χ2v) is 12.6. The van der Waals surface area contributed by atoms with Crippen LogP contribution in [-0.2, 0) is 17.6 Å². The highest BCUT2D eigenvalue weighted by Gasteiger charge is 2.29. The van der Waals surface area contributed by atoms with Crippen molar-refractivity contribution in [2.75, 3.05) is 18.6 Å². The van der Waals surface area contributed by atoms with Crippen LogP contribution in [0.4, 0.5) is 10.1 Å². The summed E-state index contributed by atoms with van der Waals surface area (Å²) in [6.45, 7) is 24.2. The van der Waals surface area contributed by atoms with Gasteiger partial charge in [-0.3, -0.25) is 0 Å². The Kier molecular flexibility index (Phi) is 11.9. The normalized spacial score (nSPS) is 13.3. The summed E-state index contributed by atoms with van der Waals surface area (Å²) in [6.07, 6.45) is 7.82. The fourth-order valence-corrected chi connectivity index (χ4v) is 5.67. The lowest BCUT2D eigenvalue weighted by atomic mass is 9.88. The van der Waals surface area contributed by atoms with Gasteiger partial charge in [0.2, 0.25) is 0 Å². The third-order valence-corrected chi connectivity index (χ3v) is 8.82. The van der Waals surface area contributed by atoms with Crippen LogP contribution in [0.15, 0.2) is 97.6 Å². The number of nitrogens with zero attached hydrogens (tertiary/aromatic N) is 1. The van der Waals surface area contributed by atoms with Gasteiger partial charge in [0, 0.05) is 42.3 Å². The first-order valence-electron chi connectivity index (χ1n) is 16.4. The molecular weight excluding hydrogens is 573 g/mol. The summed E-state index contributed by atoms with van der Waals surface area (Å²) in [5.74, 6) is 2.85. The van der Waals surface area contributed by atoms with Crippen LogP contribution in [0, 0.1) is 18.7 Å². The number of benzene rings is 3. The number of fused-ring (bicyclic) bond motifs is 1. The fourth-order valence-electron chi connectivity index (χ4n) is 5.67. The Morgan fingerprint density at radius 1 is 0.957 bits per heavy atom. The Bertz CT molecular complexity index is 1580. The van der Waals surface area contributed by atoms with Gasteiger partial charge in [-0.25, -0.2) is 4.39 Å². The van der Waals surface area contributed by atoms with Gasteiger partial charge < -0.3 is 19.1 Å². The van der Waals surface area contributed by atoms with Crippen molar-refractivity contribution >= 4 is 11.3 Å². The first-order valence-corrected chi connectivity index (χ1v) is 16.4. The van der Waals surface area contributed by atoms with E-state index in [9.17, 15) is 0 Å². The van der Waals surface area contributed by atoms with Gasteiger partial charge in [-0.2, -0.15) is 0 Å². The van der Waals surface area contributed by atoms with E-state index in [2.05, 4.69) is 64.6 Å². The lowest BCUT2D eigenvalue weighted by molar-refractivity contribution is 0.201. The van der Waals surface area contributed by atoms with Gasteiger partial charge in [0.1, 0.15) is 23.1 Å². The van der Waals surface area contributed by atoms with Crippen molar-refractivity contribution in [3.63, 3.8) is 0 Å². The Hall–Kier alpha value is -4.25. The Labute approximate surface area is 275 Å². The largest absolute Gasteiger partial charge is 0.498 e. The summed E-state index contributed by atoms with van der Waals surface area (Å²) < 4.78 is 33.0. The average Bonchev–Trinajstić information content (AvgIpc) is 3.03. The number of anilines is 1. The molecule has 46 heavy (non-hydrogen) atoms. The molecule has 4 rings (SSSR count). The first-order chi connectivity index (χ1) is 22.0. The van der Waals surface area contributed by atoms with Gasteiger partial charge in [0.15, 0.2) is 0 Å². The molecule has 1 atom stereocenters. The summed E-state index contributed by atoms with van der Waals surface area (Å²) in [4.78, 5) is 2.25. The molecule has 0 fully saturated rings. The maximum atomic E-state index is 15.0. The summed E-state index contributed by atoms with van der Waals surface area (Å²) in [6, 6.07) is 17.7. The summed E-state index contributed by atoms with van der Waals surface area (Å²) in [5, 5.41) is 0. The predicted molar refractivity (Wildman–Crippen MR) is 190 cm³/mol. The highest BCUT2D eigenvalue weighted by molar-refractivity contribution is 5.92. The molecule has 0 aliphatic carbocycles. The fraction of sp³-hybridized carbons (Fsp3) is 0.366. The minimum absolute atomic E-state index is 0.167. The lowest BCUT2D eigenvalue weighted by Crippen LogP contribution is -2.35. The van der Waals surface area contributed by atoms with Gasteiger partial charge in [-0.05, 0) is 72.2 Å². The van der Waals surface area contributed by atoms with E-state index in [1.54, 1.807) is 20.1 Å². The number of rotatable bonds is 16. The molecule has 1 aliphatic rings. The molecule has 0 N–H and O–H groups in total. The monoisotopic (exact) mass is 623 g/mol. The van der Waals surface area contributed by atoms with Gasteiger partial charge in [0.25, 0.3) is 0 Å². The molecule has 1 unspecified atom stereocenters. The number of hydrogen-bond donors (Lipinski definition) is 0. The standard InChI is InChI=1S/C41H50FNO3/c1-10-11-12-13-21-45-29(5)22-33-17-19-36(20-18-33)46-32(8)38-26-43(31(7)27(2)3)39-25-40(44-9)35(24-37(39)30(38)6)23-34-16-14-15-28(4)41(34)42/h14-20,24-27,31H,5-6,8,10-13,21-23H2,1-4,7,9H3. The minimum atomic E-state index is -0.191. The molecule has 244 valence electrons. The number of halogens is 1. The molecule has 0 saturated heterocycles. The van der Waals surface area contributed by atoms with E-state index in [1.807, 2.05) is 42.5 Å². The van der Waals surface area contributed by atoms with Crippen molar-refractivity contribution in [1.29, 1.82) is 0 Å². The van der Waals surface area contributed by atoms with E-state index in [0.717, 1.165) is 45.7 Å². The van der Waals surface area contributed by atoms with Gasteiger partial charge in [0.05, 0.1) is 25.2 Å². The SMILES string of the molecule is C=C(Cc1ccc(OC(=C)C2=CN(C(C)C(C)C)c3cc(OC)c(Cc4cccc(C)c4F)cc3C2=C)cc1)OCCCCCC. The molecule has 0 bridgehead atoms. The Morgan fingerprint density at radius 3 is 2.37 bits per heavy atom. The first kappa shape index (κ1) is 34.6. The van der Waals surface area contributed by atoms with E-state index in [4.69, 9.17) is 14.2 Å². The number of ether oxygens (including phenoxy) is 3. The minimum Gasteiger partial charge on any atom is -0.498 e. The Balaban J connectivity index is 1.55. The highest BCUT2D eigenvalue weighted by Crippen LogP contribution is 2.44. The third kappa shape index (κ3) is 8.31. The number of aryl methyl sites for hydroxylation is 1. The van der Waals surface area contributed by atoms with E-state index in [0.29, 0.717) is 53.8 Å². The third-order valence-electron chi connectivity index (χ3n) is 8.82. The molecule has 1 heterocycles. The van der Waals surface area contributed by atoms with Crippen LogP contribution in [0.1, 0.15) is 81.2 Å². The maximum Gasteiger partial charge on any atom is 0.129 e. The maximum absolute atomic E-state index is 15.0. The molecule has 3 aromatic rings. The zero-order chi connectivity index (χ0) is 33.4. The number of methoxy groups -OCH3 is 1. The molecule has 0 spiro atoms. The lowest BCUT2D eigenvalue weighted by Gasteiger charge is -2.37. The number of allylic oxidation sites excluding steroid dienone is 2. The van der Waals surface area contributed by atoms with Gasteiger partial charge >= 0.3 is 0 Å². The molecule has 3 aromatic carbocycles. The molecule has 1 aliphatic heterocycles. The highest BCUT2D eigenvalue weighted by atomic mass is 19.1. The van der Waals surface area contributed by atoms with Crippen molar-refractivity contribution in [1.82, 2.24) is 0 Å². The zero-order valence-electron chi connectivity index (χ0n) is 28.5. The van der Waals surface area contributed by atoms with Crippen LogP contribution < -0.4 is 14.4 Å². The Morgan fingerprint density at radius 2 is 1.70 bits per heavy atom. The van der Waals surface area contributed by atoms with Gasteiger partial charge in [-0.1, -0.05) is 90.1 Å². The second-order valence-electron chi connectivity index (χ2n) is 12.6. The number of hydrogen-bond acceptors (Lipinski definition) is 4. The van der Waals surface area contributed by atoms with Crippen LogP contribution in [0.3, 0.4) is 0 Å². The van der Waals surface area contributed by atoms with Crippen molar-refractivity contribution in [3.05, 3.63) is 131 Å². The topological polar surface area (TPSA) is 30.9 Å². The van der Waals surface area contributed by atoms with Crippen LogP contribution in [0.25, 0.3) is 5.57 Å². The van der Waals surface area contributed by atoms with Crippen molar-refractivity contribution in [3.8, 4) is 11.5 Å². The van der Waals surface area contributed by atoms with E-state index in [1.165, 1.54) is 19.3 Å². The molecule has 4 nitrogen and oxygen atoms in total. The van der Waals surface area contributed by atoms with E-state index >= 15 is 4.39 Å². The second kappa shape index (κ2) is 15.8. The smallest absolute Gasteiger partial charge is 0.129 e. The molecule has 0 amide bonds. The molecule has 0 radical (unpaired) electrons. The van der Waals surface area contributed by atoms with Crippen LogP contribution >= 0.6 is 0 Å². The zero-order valence-corrected chi connectivity index (χ0v) is 28.5. The van der Waals surface area contributed by atoms with Crippen molar-refractivity contribution < 1.29 is 18.6 Å². The summed E-state index contributed by atoms with van der Waals surface area (Å²) in [5.41, 5.74) is 6.79. The van der Waals surface area contributed by atoms with Gasteiger partial charge in [-0.15, -0.1) is 0 Å². The number of unbranched alkanes of at least 4 members (excludes halogenated alkanes) is 3. The molecule has 0 aromatic heterocycles. The average molecular weight is 624 g/mol. The molecule has 0 saturated carbocycles. The molecular formula is C41H50FNO3. The van der Waals surface area contributed by atoms with Crippen molar-refractivity contribution in [2.45, 2.75) is 79.2 Å². The predicted octanol–water partition coefficient (Wildman–Crippen LogP) is 10.7. The molecule has 5 heteroatoms. The quantitative estimate of drug-likeness (QED) is 0.117. The van der Waals surface area contributed by atoms with E-state index < -0.39 is 0 Å². The van der Waals surface area contributed by atoms with E-state index in [-0.39, 0.29) is 11.9 Å². The van der Waals surface area contributed by atoms with Crippen LogP contribution in [0.5, 0.6) is 11.5 Å². The van der Waals surface area contributed by atoms with Crippen LogP contribution in [0.2, 0.25) is 0 Å². The van der Waals surface area contributed by atoms with Crippen LogP contribution in [-0.4, -0.2) is 19.8 Å². The summed E-state index contributed by atoms with van der Waals surface area (Å²) >= 11 is 0.